The van der Waals surface area contributed by atoms with E-state index in [2.05, 4.69) is 30.1 Å². The summed E-state index contributed by atoms with van der Waals surface area (Å²) in [6, 6.07) is 10.2. The first kappa shape index (κ1) is 26.2. The number of anilines is 3. The molecule has 2 N–H and O–H groups in total. The Kier molecular flexibility index (Phi) is 7.25. The molecule has 0 aliphatic heterocycles. The molecule has 0 atom stereocenters. The Hall–Kier alpha value is -3.41. The summed E-state index contributed by atoms with van der Waals surface area (Å²) in [5.74, 6) is -0.655. The van der Waals surface area contributed by atoms with Gasteiger partial charge < -0.3 is 20.1 Å². The number of alkyl halides is 6. The Morgan fingerprint density at radius 2 is 1.51 bits per heavy atom. The normalized spacial score (nSPS) is 12.3. The second kappa shape index (κ2) is 9.68. The molecule has 13 heteroatoms. The zero-order valence-corrected chi connectivity index (χ0v) is 19.2. The Labute approximate surface area is 201 Å². The maximum Gasteiger partial charge on any atom is 0.573 e. The van der Waals surface area contributed by atoms with Gasteiger partial charge >= 0.3 is 12.7 Å². The molecule has 0 unspecified atom stereocenters. The fraction of sp³-hybridized carbons (Fsp3) is 0.273. The molecule has 0 aliphatic carbocycles. The van der Waals surface area contributed by atoms with E-state index >= 15 is 0 Å². The second-order valence-corrected chi connectivity index (χ2v) is 8.64. The predicted octanol–water partition coefficient (Wildman–Crippen LogP) is 7.55. The van der Waals surface area contributed by atoms with Crippen LogP contribution in [0.4, 0.5) is 43.8 Å². The van der Waals surface area contributed by atoms with E-state index in [0.717, 1.165) is 12.1 Å². The molecular weight excluding hydrogens is 502 g/mol. The van der Waals surface area contributed by atoms with Crippen LogP contribution in [0, 0.1) is 0 Å². The zero-order chi connectivity index (χ0) is 26.0. The maximum atomic E-state index is 12.6. The highest BCUT2D eigenvalue weighted by atomic mass is 35.5. The van der Waals surface area contributed by atoms with E-state index in [1.54, 1.807) is 0 Å². The fourth-order valence-electron chi connectivity index (χ4n) is 2.84. The summed E-state index contributed by atoms with van der Waals surface area (Å²) in [5.41, 5.74) is 0.382. The van der Waals surface area contributed by atoms with E-state index in [9.17, 15) is 26.3 Å². The Balaban J connectivity index is 1.97. The summed E-state index contributed by atoms with van der Waals surface area (Å²) in [5, 5.41) is 5.67. The van der Waals surface area contributed by atoms with E-state index in [4.69, 9.17) is 11.6 Å². The van der Waals surface area contributed by atoms with Gasteiger partial charge in [-0.05, 0) is 51.1 Å². The average Bonchev–Trinajstić information content (AvgIpc) is 2.66. The molecule has 0 saturated carbocycles. The molecular formula is C22H19ClF6N4O2. The number of ether oxygens (including phenoxy) is 2. The van der Waals surface area contributed by atoms with Gasteiger partial charge in [-0.25, -0.2) is 4.98 Å². The van der Waals surface area contributed by atoms with Crippen molar-refractivity contribution in [1.82, 2.24) is 9.97 Å². The molecule has 0 fully saturated rings. The van der Waals surface area contributed by atoms with E-state index in [1.807, 2.05) is 20.8 Å². The van der Waals surface area contributed by atoms with Crippen molar-refractivity contribution in [1.29, 1.82) is 0 Å². The molecule has 2 aromatic carbocycles. The van der Waals surface area contributed by atoms with Crippen LogP contribution in [0.3, 0.4) is 0 Å². The van der Waals surface area contributed by atoms with E-state index in [1.165, 1.54) is 36.4 Å². The summed E-state index contributed by atoms with van der Waals surface area (Å²) in [7, 11) is 0. The van der Waals surface area contributed by atoms with Gasteiger partial charge in [0.1, 0.15) is 17.3 Å². The molecule has 1 heterocycles. The van der Waals surface area contributed by atoms with Crippen LogP contribution in [-0.4, -0.2) is 28.2 Å². The number of aromatic nitrogens is 2. The van der Waals surface area contributed by atoms with Gasteiger partial charge in [0.25, 0.3) is 0 Å². The number of nitrogens with zero attached hydrogens (tertiary/aromatic N) is 2. The van der Waals surface area contributed by atoms with Crippen molar-refractivity contribution in [2.24, 2.45) is 0 Å². The number of nitrogens with one attached hydrogen (secondary N) is 2. The van der Waals surface area contributed by atoms with Crippen LogP contribution < -0.4 is 20.1 Å². The Morgan fingerprint density at radius 1 is 0.829 bits per heavy atom. The summed E-state index contributed by atoms with van der Waals surface area (Å²) >= 11 is 5.90. The monoisotopic (exact) mass is 520 g/mol. The van der Waals surface area contributed by atoms with Crippen molar-refractivity contribution in [3.8, 4) is 22.8 Å². The lowest BCUT2D eigenvalue weighted by molar-refractivity contribution is -0.275. The third kappa shape index (κ3) is 8.39. The van der Waals surface area contributed by atoms with E-state index in [-0.39, 0.29) is 28.2 Å². The van der Waals surface area contributed by atoms with Crippen LogP contribution >= 0.6 is 11.6 Å². The highest BCUT2D eigenvalue weighted by molar-refractivity contribution is 6.32. The highest BCUT2D eigenvalue weighted by Gasteiger charge is 2.32. The molecule has 188 valence electrons. The first-order valence-electron chi connectivity index (χ1n) is 9.92. The van der Waals surface area contributed by atoms with Crippen LogP contribution in [0.15, 0.2) is 48.5 Å². The largest absolute Gasteiger partial charge is 0.573 e. The molecule has 0 amide bonds. The average molecular weight is 521 g/mol. The molecule has 0 spiro atoms. The molecule has 1 aromatic heterocycles. The van der Waals surface area contributed by atoms with Gasteiger partial charge in [0.2, 0.25) is 5.95 Å². The van der Waals surface area contributed by atoms with Crippen LogP contribution in [0.25, 0.3) is 11.3 Å². The summed E-state index contributed by atoms with van der Waals surface area (Å²) in [6.07, 6.45) is -9.77. The molecule has 3 rings (SSSR count). The quantitative estimate of drug-likeness (QED) is 0.327. The molecule has 0 aliphatic rings. The molecule has 6 nitrogen and oxygen atoms in total. The Bertz CT molecular complexity index is 1200. The van der Waals surface area contributed by atoms with Crippen LogP contribution in [-0.2, 0) is 0 Å². The topological polar surface area (TPSA) is 68.3 Å². The number of hydrogen-bond acceptors (Lipinski definition) is 6. The van der Waals surface area contributed by atoms with Crippen molar-refractivity contribution < 1.29 is 35.8 Å². The maximum absolute atomic E-state index is 12.6. The second-order valence-electron chi connectivity index (χ2n) is 8.23. The lowest BCUT2D eigenvalue weighted by Gasteiger charge is -2.21. The van der Waals surface area contributed by atoms with Crippen LogP contribution in [0.5, 0.6) is 11.5 Å². The minimum absolute atomic E-state index is 0.155. The lowest BCUT2D eigenvalue weighted by Crippen LogP contribution is -2.27. The fourth-order valence-corrected chi connectivity index (χ4v) is 3.06. The van der Waals surface area contributed by atoms with Gasteiger partial charge in [0, 0.05) is 22.9 Å². The summed E-state index contributed by atoms with van der Waals surface area (Å²) < 4.78 is 83.2. The molecule has 35 heavy (non-hydrogen) atoms. The van der Waals surface area contributed by atoms with Crippen molar-refractivity contribution in [3.05, 3.63) is 53.6 Å². The first-order chi connectivity index (χ1) is 16.1. The highest BCUT2D eigenvalue weighted by Crippen LogP contribution is 2.34. The van der Waals surface area contributed by atoms with Crippen molar-refractivity contribution >= 4 is 29.1 Å². The van der Waals surface area contributed by atoms with Gasteiger partial charge in [-0.2, -0.15) is 4.98 Å². The van der Waals surface area contributed by atoms with Gasteiger partial charge in [0.15, 0.2) is 0 Å². The third-order valence-corrected chi connectivity index (χ3v) is 4.30. The van der Waals surface area contributed by atoms with Gasteiger partial charge in [-0.1, -0.05) is 23.7 Å². The van der Waals surface area contributed by atoms with Gasteiger partial charge in [-0.15, -0.1) is 26.3 Å². The number of hydrogen-bond donors (Lipinski definition) is 2. The van der Waals surface area contributed by atoms with Crippen LogP contribution in [0.1, 0.15) is 20.8 Å². The standard InChI is InChI=1S/C22H19ClF6N4O2/c1-20(2,3)33-19-31-16(12-5-4-6-14(9-12)34-21(24,25)26)11-18(32-19)30-13-7-8-17(15(23)10-13)35-22(27,28)29/h4-11H,1-3H3,(H2,30,31,32,33). The number of rotatable bonds is 6. The molecule has 0 saturated heterocycles. The smallest absolute Gasteiger partial charge is 0.406 e. The van der Waals surface area contributed by atoms with Crippen molar-refractivity contribution in [2.75, 3.05) is 10.6 Å². The summed E-state index contributed by atoms with van der Waals surface area (Å²) in [6.45, 7) is 5.56. The van der Waals surface area contributed by atoms with E-state index < -0.39 is 29.8 Å². The number of benzene rings is 2. The zero-order valence-electron chi connectivity index (χ0n) is 18.5. The lowest BCUT2D eigenvalue weighted by atomic mass is 10.1. The molecule has 0 bridgehead atoms. The van der Waals surface area contributed by atoms with E-state index in [0.29, 0.717) is 5.56 Å². The van der Waals surface area contributed by atoms with Crippen molar-refractivity contribution in [2.45, 2.75) is 39.0 Å². The molecule has 0 radical (unpaired) electrons. The Morgan fingerprint density at radius 3 is 2.11 bits per heavy atom. The predicted molar refractivity (Wildman–Crippen MR) is 119 cm³/mol. The first-order valence-corrected chi connectivity index (χ1v) is 10.3. The molecule has 3 aromatic rings. The minimum Gasteiger partial charge on any atom is -0.406 e. The number of halogens is 7. The van der Waals surface area contributed by atoms with Crippen LogP contribution in [0.2, 0.25) is 5.02 Å². The SMILES string of the molecule is CC(C)(C)Nc1nc(Nc2ccc(OC(F)(F)F)c(Cl)c2)cc(-c2cccc(OC(F)(F)F)c2)n1. The van der Waals surface area contributed by atoms with Gasteiger partial charge in [0.05, 0.1) is 10.7 Å². The third-order valence-electron chi connectivity index (χ3n) is 4.01. The summed E-state index contributed by atoms with van der Waals surface area (Å²) in [4.78, 5) is 8.70. The van der Waals surface area contributed by atoms with Gasteiger partial charge in [-0.3, -0.25) is 0 Å². The minimum atomic E-state index is -4.90. The van der Waals surface area contributed by atoms with Crippen molar-refractivity contribution in [3.63, 3.8) is 0 Å².